The van der Waals surface area contributed by atoms with Gasteiger partial charge in [0.15, 0.2) is 0 Å². The number of carbonyl (C=O) groups is 1. The minimum Gasteiger partial charge on any atom is -0.489 e. The van der Waals surface area contributed by atoms with E-state index in [0.29, 0.717) is 5.52 Å². The molecule has 166 valence electrons. The summed E-state index contributed by atoms with van der Waals surface area (Å²) in [5, 5.41) is 2.47. The predicted molar refractivity (Wildman–Crippen MR) is 109 cm³/mol. The third kappa shape index (κ3) is 5.08. The summed E-state index contributed by atoms with van der Waals surface area (Å²) in [5.41, 5.74) is 0.107. The van der Waals surface area contributed by atoms with Crippen molar-refractivity contribution in [2.45, 2.75) is 19.1 Å². The molecular weight excluding hydrogens is 415 g/mol. The molecule has 3 rings (SSSR count). The van der Waals surface area contributed by atoms with Gasteiger partial charge in [-0.1, -0.05) is 12.1 Å². The number of ether oxygens (including phenoxy) is 2. The van der Waals surface area contributed by atoms with Gasteiger partial charge >= 0.3 is 11.9 Å². The van der Waals surface area contributed by atoms with E-state index in [1.54, 1.807) is 31.3 Å². The summed E-state index contributed by atoms with van der Waals surface area (Å²) in [6.45, 7) is 0.416. The van der Waals surface area contributed by atoms with E-state index in [2.05, 4.69) is 5.32 Å². The number of aryl methyl sites for hydroxylation is 2. The first kappa shape index (κ1) is 22.4. The molecule has 0 saturated heterocycles. The lowest BCUT2D eigenvalue weighted by atomic mass is 10.1. The van der Waals surface area contributed by atoms with Crippen LogP contribution in [0.4, 0.5) is 18.9 Å². The van der Waals surface area contributed by atoms with Gasteiger partial charge in [0.25, 0.3) is 0 Å². The Kier molecular flexibility index (Phi) is 6.69. The number of rotatable bonds is 8. The van der Waals surface area contributed by atoms with Gasteiger partial charge in [0, 0.05) is 27.1 Å². The molecule has 0 spiro atoms. The van der Waals surface area contributed by atoms with Crippen LogP contribution in [-0.2, 0) is 29.3 Å². The summed E-state index contributed by atoms with van der Waals surface area (Å²) >= 11 is 0. The molecule has 1 N–H and O–H groups in total. The zero-order chi connectivity index (χ0) is 22.6. The standard InChI is InChI=1S/C21H22F3N3O4/c1-26-16-5-3-4-6-17(16)27(20(26)29)10-9-19(28)25-15-13-14(21(22,23)24)7-8-18(15)31-12-11-30-2/h3-8,13H,9-12H2,1-2H3,(H,25,28). The fourth-order valence-corrected chi connectivity index (χ4v) is 3.17. The molecule has 0 fully saturated rings. The molecule has 31 heavy (non-hydrogen) atoms. The zero-order valence-electron chi connectivity index (χ0n) is 17.0. The molecule has 0 atom stereocenters. The third-order valence-electron chi connectivity index (χ3n) is 4.74. The van der Waals surface area contributed by atoms with E-state index in [4.69, 9.17) is 9.47 Å². The van der Waals surface area contributed by atoms with Gasteiger partial charge in [-0.05, 0) is 30.3 Å². The summed E-state index contributed by atoms with van der Waals surface area (Å²) in [6.07, 6.45) is -4.68. The Hall–Kier alpha value is -3.27. The molecule has 10 heteroatoms. The predicted octanol–water partition coefficient (Wildman–Crippen LogP) is 3.41. The number of aromatic nitrogens is 2. The van der Waals surface area contributed by atoms with Gasteiger partial charge in [-0.3, -0.25) is 13.9 Å². The van der Waals surface area contributed by atoms with Crippen molar-refractivity contribution < 1.29 is 27.4 Å². The Bertz CT molecular complexity index is 1140. The molecule has 2 aromatic carbocycles. The highest BCUT2D eigenvalue weighted by Crippen LogP contribution is 2.35. The second-order valence-corrected chi connectivity index (χ2v) is 6.83. The molecule has 7 nitrogen and oxygen atoms in total. The van der Waals surface area contributed by atoms with Gasteiger partial charge in [0.1, 0.15) is 12.4 Å². The van der Waals surface area contributed by atoms with Crippen LogP contribution in [0.3, 0.4) is 0 Å². The van der Waals surface area contributed by atoms with Crippen molar-refractivity contribution in [1.29, 1.82) is 0 Å². The average molecular weight is 437 g/mol. The summed E-state index contributed by atoms with van der Waals surface area (Å²) in [4.78, 5) is 24.9. The Balaban J connectivity index is 1.78. The molecule has 3 aromatic rings. The summed E-state index contributed by atoms with van der Waals surface area (Å²) in [7, 11) is 3.10. The molecule has 0 bridgehead atoms. The van der Waals surface area contributed by atoms with E-state index < -0.39 is 17.6 Å². The number of hydrogen-bond donors (Lipinski definition) is 1. The number of halogens is 3. The normalized spacial score (nSPS) is 11.6. The van der Waals surface area contributed by atoms with Crippen molar-refractivity contribution >= 4 is 22.6 Å². The monoisotopic (exact) mass is 437 g/mol. The maximum absolute atomic E-state index is 13.1. The highest BCUT2D eigenvalue weighted by atomic mass is 19.4. The van der Waals surface area contributed by atoms with Crippen molar-refractivity contribution in [1.82, 2.24) is 9.13 Å². The number of methoxy groups -OCH3 is 1. The number of nitrogens with one attached hydrogen (secondary N) is 1. The lowest BCUT2D eigenvalue weighted by Crippen LogP contribution is -2.24. The van der Waals surface area contributed by atoms with Crippen molar-refractivity contribution in [2.75, 3.05) is 25.6 Å². The molecule has 0 aliphatic heterocycles. The fourth-order valence-electron chi connectivity index (χ4n) is 3.17. The number of carbonyl (C=O) groups excluding carboxylic acids is 1. The zero-order valence-corrected chi connectivity index (χ0v) is 17.0. The second kappa shape index (κ2) is 9.25. The number of hydrogen-bond acceptors (Lipinski definition) is 4. The fraction of sp³-hybridized carbons (Fsp3) is 0.333. The van der Waals surface area contributed by atoms with Gasteiger partial charge in [0.05, 0.1) is 28.9 Å². The number of para-hydroxylation sites is 2. The Morgan fingerprint density at radius 3 is 2.48 bits per heavy atom. The lowest BCUT2D eigenvalue weighted by molar-refractivity contribution is -0.137. The van der Waals surface area contributed by atoms with Crippen LogP contribution < -0.4 is 15.7 Å². The number of benzene rings is 2. The van der Waals surface area contributed by atoms with E-state index in [0.717, 1.165) is 23.7 Å². The number of nitrogens with zero attached hydrogens (tertiary/aromatic N) is 2. The van der Waals surface area contributed by atoms with Crippen LogP contribution >= 0.6 is 0 Å². The number of anilines is 1. The Morgan fingerprint density at radius 1 is 1.10 bits per heavy atom. The number of alkyl halides is 3. The first-order chi connectivity index (χ1) is 14.7. The van der Waals surface area contributed by atoms with Crippen LogP contribution in [0.5, 0.6) is 5.75 Å². The van der Waals surface area contributed by atoms with E-state index in [9.17, 15) is 22.8 Å². The van der Waals surface area contributed by atoms with Crippen LogP contribution in [0, 0.1) is 0 Å². The molecule has 0 aliphatic rings. The summed E-state index contributed by atoms with van der Waals surface area (Å²) in [6, 6.07) is 10.0. The maximum atomic E-state index is 13.1. The minimum absolute atomic E-state index is 0.0743. The van der Waals surface area contributed by atoms with E-state index in [1.165, 1.54) is 16.2 Å². The van der Waals surface area contributed by atoms with Crippen LogP contribution in [0.2, 0.25) is 0 Å². The van der Waals surface area contributed by atoms with Gasteiger partial charge in [0.2, 0.25) is 5.91 Å². The van der Waals surface area contributed by atoms with Crippen LogP contribution in [0.25, 0.3) is 11.0 Å². The van der Waals surface area contributed by atoms with Crippen molar-refractivity contribution in [3.05, 3.63) is 58.5 Å². The molecule has 0 unspecified atom stereocenters. The largest absolute Gasteiger partial charge is 0.489 e. The number of fused-ring (bicyclic) bond motifs is 1. The highest BCUT2D eigenvalue weighted by Gasteiger charge is 2.31. The number of amides is 1. The molecular formula is C21H22F3N3O4. The van der Waals surface area contributed by atoms with Gasteiger partial charge in [-0.25, -0.2) is 4.79 Å². The number of imidazole rings is 1. The van der Waals surface area contributed by atoms with E-state index >= 15 is 0 Å². The van der Waals surface area contributed by atoms with Gasteiger partial charge < -0.3 is 14.8 Å². The van der Waals surface area contributed by atoms with E-state index in [-0.39, 0.29) is 43.3 Å². The lowest BCUT2D eigenvalue weighted by Gasteiger charge is -2.15. The summed E-state index contributed by atoms with van der Waals surface area (Å²) in [5.74, 6) is -0.448. The van der Waals surface area contributed by atoms with Crippen molar-refractivity contribution in [3.8, 4) is 5.75 Å². The highest BCUT2D eigenvalue weighted by molar-refractivity contribution is 5.92. The molecule has 0 radical (unpaired) electrons. The first-order valence-electron chi connectivity index (χ1n) is 9.49. The molecule has 1 amide bonds. The average Bonchev–Trinajstić information content (AvgIpc) is 2.97. The quantitative estimate of drug-likeness (QED) is 0.548. The first-order valence-corrected chi connectivity index (χ1v) is 9.49. The van der Waals surface area contributed by atoms with E-state index in [1.807, 2.05) is 0 Å². The Labute approximate surface area is 176 Å². The maximum Gasteiger partial charge on any atom is 0.416 e. The molecule has 1 heterocycles. The van der Waals surface area contributed by atoms with Gasteiger partial charge in [-0.2, -0.15) is 13.2 Å². The van der Waals surface area contributed by atoms with Gasteiger partial charge in [-0.15, -0.1) is 0 Å². The third-order valence-corrected chi connectivity index (χ3v) is 4.74. The topological polar surface area (TPSA) is 74.5 Å². The van der Waals surface area contributed by atoms with Crippen LogP contribution in [-0.4, -0.2) is 35.4 Å². The van der Waals surface area contributed by atoms with Crippen LogP contribution in [0.15, 0.2) is 47.3 Å². The Morgan fingerprint density at radius 2 is 1.81 bits per heavy atom. The minimum atomic E-state index is -4.57. The molecule has 1 aromatic heterocycles. The van der Waals surface area contributed by atoms with Crippen molar-refractivity contribution in [2.24, 2.45) is 7.05 Å². The SMILES string of the molecule is COCCOc1ccc(C(F)(F)F)cc1NC(=O)CCn1c(=O)n(C)c2ccccc21. The van der Waals surface area contributed by atoms with Crippen molar-refractivity contribution in [3.63, 3.8) is 0 Å². The smallest absolute Gasteiger partial charge is 0.416 e. The molecule has 0 saturated carbocycles. The second-order valence-electron chi connectivity index (χ2n) is 6.83. The molecule has 0 aliphatic carbocycles. The summed E-state index contributed by atoms with van der Waals surface area (Å²) < 4.78 is 52.5. The van der Waals surface area contributed by atoms with Crippen LogP contribution in [0.1, 0.15) is 12.0 Å².